The second-order valence-corrected chi connectivity index (χ2v) is 6.02. The van der Waals surface area contributed by atoms with Gasteiger partial charge in [-0.05, 0) is 36.8 Å². The molecule has 2 bridgehead atoms. The molecule has 3 nitrogen and oxygen atoms in total. The molecule has 94 valence electrons. The summed E-state index contributed by atoms with van der Waals surface area (Å²) in [5.74, 6) is 2.65. The van der Waals surface area contributed by atoms with Crippen molar-refractivity contribution >= 4 is 0 Å². The van der Waals surface area contributed by atoms with Crippen molar-refractivity contribution in [1.29, 1.82) is 0 Å². The molecule has 3 fully saturated rings. The standard InChI is InChI=1S/C15H16O3/c1-2-7-12-11(6-1)17-15(18-12)8-13-9-4-3-5-10(9)14(15)16-13/h1-2,6-7,9-10,13-14H,3-5,8H2. The molecule has 1 spiro atoms. The molecule has 3 aliphatic heterocycles. The van der Waals surface area contributed by atoms with Crippen molar-refractivity contribution in [2.75, 3.05) is 0 Å². The van der Waals surface area contributed by atoms with Crippen molar-refractivity contribution in [3.63, 3.8) is 0 Å². The normalized spacial score (nSPS) is 41.6. The first-order chi connectivity index (χ1) is 8.86. The maximum atomic E-state index is 6.16. The fourth-order valence-corrected chi connectivity index (χ4v) is 4.48. The van der Waals surface area contributed by atoms with Gasteiger partial charge in [-0.15, -0.1) is 0 Å². The Hall–Kier alpha value is -1.22. The molecule has 1 saturated carbocycles. The van der Waals surface area contributed by atoms with E-state index in [-0.39, 0.29) is 6.10 Å². The van der Waals surface area contributed by atoms with Gasteiger partial charge in [-0.1, -0.05) is 18.6 Å². The number of rotatable bonds is 0. The number of ether oxygens (including phenoxy) is 3. The van der Waals surface area contributed by atoms with E-state index in [0.717, 1.165) is 23.8 Å². The quantitative estimate of drug-likeness (QED) is 0.702. The zero-order valence-corrected chi connectivity index (χ0v) is 10.2. The molecule has 1 aliphatic carbocycles. The van der Waals surface area contributed by atoms with Crippen molar-refractivity contribution in [3.05, 3.63) is 24.3 Å². The molecule has 4 aliphatic rings. The van der Waals surface area contributed by atoms with Gasteiger partial charge in [-0.25, -0.2) is 0 Å². The summed E-state index contributed by atoms with van der Waals surface area (Å²) in [5, 5.41) is 0. The number of hydrogen-bond acceptors (Lipinski definition) is 3. The summed E-state index contributed by atoms with van der Waals surface area (Å²) in [6, 6.07) is 7.96. The molecule has 1 aromatic carbocycles. The van der Waals surface area contributed by atoms with Crippen LogP contribution >= 0.6 is 0 Å². The third-order valence-corrected chi connectivity index (χ3v) is 5.15. The lowest BCUT2D eigenvalue weighted by Gasteiger charge is -2.34. The summed E-state index contributed by atoms with van der Waals surface area (Å²) in [6.45, 7) is 0. The van der Waals surface area contributed by atoms with Crippen LogP contribution in [0, 0.1) is 11.8 Å². The van der Waals surface area contributed by atoms with E-state index < -0.39 is 5.79 Å². The smallest absolute Gasteiger partial charge is 0.280 e. The van der Waals surface area contributed by atoms with Crippen molar-refractivity contribution in [1.82, 2.24) is 0 Å². The van der Waals surface area contributed by atoms with E-state index in [1.165, 1.54) is 19.3 Å². The van der Waals surface area contributed by atoms with Crippen LogP contribution in [-0.4, -0.2) is 18.0 Å². The predicted octanol–water partition coefficient (Wildman–Crippen LogP) is 2.74. The van der Waals surface area contributed by atoms with Gasteiger partial charge in [0.15, 0.2) is 11.5 Å². The Morgan fingerprint density at radius 3 is 2.50 bits per heavy atom. The lowest BCUT2D eigenvalue weighted by Crippen LogP contribution is -2.52. The van der Waals surface area contributed by atoms with Crippen molar-refractivity contribution in [3.8, 4) is 11.5 Å². The minimum absolute atomic E-state index is 0.141. The maximum Gasteiger partial charge on any atom is 0.280 e. The largest absolute Gasteiger partial charge is 0.446 e. The Bertz CT molecular complexity index is 487. The summed E-state index contributed by atoms with van der Waals surface area (Å²) in [6.07, 6.45) is 5.34. The summed E-state index contributed by atoms with van der Waals surface area (Å²) in [5.41, 5.74) is 0. The molecular weight excluding hydrogens is 228 g/mol. The van der Waals surface area contributed by atoms with E-state index in [1.807, 2.05) is 24.3 Å². The lowest BCUT2D eigenvalue weighted by atomic mass is 9.78. The summed E-state index contributed by atoms with van der Waals surface area (Å²) in [4.78, 5) is 0. The Labute approximate surface area is 106 Å². The van der Waals surface area contributed by atoms with Gasteiger partial charge in [0, 0.05) is 0 Å². The Morgan fingerprint density at radius 2 is 1.72 bits per heavy atom. The lowest BCUT2D eigenvalue weighted by molar-refractivity contribution is -0.138. The predicted molar refractivity (Wildman–Crippen MR) is 64.5 cm³/mol. The highest BCUT2D eigenvalue weighted by atomic mass is 16.8. The molecular formula is C15H16O3. The first kappa shape index (κ1) is 9.68. The minimum atomic E-state index is -0.514. The highest BCUT2D eigenvalue weighted by Gasteiger charge is 2.67. The summed E-state index contributed by atoms with van der Waals surface area (Å²) < 4.78 is 18.5. The van der Waals surface area contributed by atoms with Gasteiger partial charge in [-0.2, -0.15) is 0 Å². The van der Waals surface area contributed by atoms with Crippen LogP contribution in [0.3, 0.4) is 0 Å². The third kappa shape index (κ3) is 1.01. The van der Waals surface area contributed by atoms with Crippen LogP contribution in [0.25, 0.3) is 0 Å². The fourth-order valence-electron chi connectivity index (χ4n) is 4.48. The summed E-state index contributed by atoms with van der Waals surface area (Å²) >= 11 is 0. The van der Waals surface area contributed by atoms with Crippen LogP contribution in [0.2, 0.25) is 0 Å². The SMILES string of the molecule is c1ccc2c(c1)OC1(CC3OC1C1CCCC31)O2. The van der Waals surface area contributed by atoms with E-state index >= 15 is 0 Å². The molecule has 0 N–H and O–H groups in total. The van der Waals surface area contributed by atoms with Gasteiger partial charge in [-0.3, -0.25) is 0 Å². The third-order valence-electron chi connectivity index (χ3n) is 5.15. The Balaban J connectivity index is 1.54. The molecule has 3 heteroatoms. The molecule has 2 saturated heterocycles. The van der Waals surface area contributed by atoms with E-state index in [9.17, 15) is 0 Å². The number of hydrogen-bond donors (Lipinski definition) is 0. The number of fused-ring (bicyclic) bond motifs is 7. The molecule has 1 aromatic rings. The van der Waals surface area contributed by atoms with Crippen LogP contribution in [0.15, 0.2) is 24.3 Å². The second-order valence-electron chi connectivity index (χ2n) is 6.02. The van der Waals surface area contributed by atoms with E-state index in [0.29, 0.717) is 12.0 Å². The molecule has 0 radical (unpaired) electrons. The van der Waals surface area contributed by atoms with Crippen LogP contribution in [0.1, 0.15) is 25.7 Å². The average Bonchev–Trinajstić information content (AvgIpc) is 3.07. The molecule has 4 atom stereocenters. The highest BCUT2D eigenvalue weighted by molar-refractivity contribution is 5.44. The van der Waals surface area contributed by atoms with Gasteiger partial charge in [0.1, 0.15) is 6.10 Å². The molecule has 0 aromatic heterocycles. The van der Waals surface area contributed by atoms with Gasteiger partial charge in [0.2, 0.25) is 0 Å². The fraction of sp³-hybridized carbons (Fsp3) is 0.600. The molecule has 3 heterocycles. The monoisotopic (exact) mass is 244 g/mol. The average molecular weight is 244 g/mol. The topological polar surface area (TPSA) is 27.7 Å². The van der Waals surface area contributed by atoms with E-state index in [4.69, 9.17) is 14.2 Å². The van der Waals surface area contributed by atoms with E-state index in [2.05, 4.69) is 0 Å². The van der Waals surface area contributed by atoms with Crippen LogP contribution in [-0.2, 0) is 4.74 Å². The summed E-state index contributed by atoms with van der Waals surface area (Å²) in [7, 11) is 0. The first-order valence-corrected chi connectivity index (χ1v) is 6.98. The number of para-hydroxylation sites is 2. The van der Waals surface area contributed by atoms with Gasteiger partial charge in [0.05, 0.1) is 12.5 Å². The van der Waals surface area contributed by atoms with Gasteiger partial charge >= 0.3 is 0 Å². The Kier molecular flexibility index (Phi) is 1.62. The van der Waals surface area contributed by atoms with Crippen LogP contribution in [0.4, 0.5) is 0 Å². The zero-order valence-electron chi connectivity index (χ0n) is 10.2. The van der Waals surface area contributed by atoms with Crippen LogP contribution in [0.5, 0.6) is 11.5 Å². The maximum absolute atomic E-state index is 6.16. The molecule has 0 amide bonds. The molecule has 18 heavy (non-hydrogen) atoms. The number of benzene rings is 1. The van der Waals surface area contributed by atoms with Gasteiger partial charge < -0.3 is 14.2 Å². The first-order valence-electron chi connectivity index (χ1n) is 6.98. The minimum Gasteiger partial charge on any atom is -0.446 e. The van der Waals surface area contributed by atoms with Crippen molar-refractivity contribution in [2.24, 2.45) is 11.8 Å². The van der Waals surface area contributed by atoms with Gasteiger partial charge in [0.25, 0.3) is 5.79 Å². The second kappa shape index (κ2) is 3.02. The highest BCUT2D eigenvalue weighted by Crippen LogP contribution is 2.59. The molecule has 5 rings (SSSR count). The van der Waals surface area contributed by atoms with E-state index in [1.54, 1.807) is 0 Å². The molecule has 4 unspecified atom stereocenters. The van der Waals surface area contributed by atoms with Crippen molar-refractivity contribution < 1.29 is 14.2 Å². The Morgan fingerprint density at radius 1 is 1.00 bits per heavy atom. The van der Waals surface area contributed by atoms with Crippen LogP contribution < -0.4 is 9.47 Å². The zero-order chi connectivity index (χ0) is 11.7. The van der Waals surface area contributed by atoms with Crippen molar-refractivity contribution in [2.45, 2.75) is 43.7 Å².